The zero-order valence-corrected chi connectivity index (χ0v) is 15.0. The molecule has 0 saturated heterocycles. The molecule has 7 heteroatoms. The number of aromatic nitrogens is 2. The van der Waals surface area contributed by atoms with Gasteiger partial charge in [-0.05, 0) is 43.5 Å². The molecular formula is C18H24N4O3. The van der Waals surface area contributed by atoms with Crippen LogP contribution in [0.1, 0.15) is 28.9 Å². The van der Waals surface area contributed by atoms with Crippen LogP contribution in [-0.4, -0.2) is 28.9 Å². The third-order valence-electron chi connectivity index (χ3n) is 4.14. The highest BCUT2D eigenvalue weighted by Crippen LogP contribution is 2.14. The molecule has 0 aliphatic carbocycles. The average Bonchev–Trinajstić information content (AvgIpc) is 2.84. The molecule has 2 aromatic rings. The second-order valence-corrected chi connectivity index (χ2v) is 5.86. The highest BCUT2D eigenvalue weighted by Gasteiger charge is 2.11. The summed E-state index contributed by atoms with van der Waals surface area (Å²) in [4.78, 5) is 23.2. The highest BCUT2D eigenvalue weighted by atomic mass is 16.5. The lowest BCUT2D eigenvalue weighted by atomic mass is 10.1. The molecule has 0 atom stereocenters. The van der Waals surface area contributed by atoms with Crippen LogP contribution < -0.4 is 10.6 Å². The van der Waals surface area contributed by atoms with E-state index in [4.69, 9.17) is 0 Å². The number of anilines is 1. The lowest BCUT2D eigenvalue weighted by molar-refractivity contribution is -0.121. The number of nitrogens with one attached hydrogen (secondary N) is 2. The first-order chi connectivity index (χ1) is 11.9. The number of hydrogen-bond donors (Lipinski definition) is 2. The van der Waals surface area contributed by atoms with E-state index in [1.165, 1.54) is 7.11 Å². The minimum absolute atomic E-state index is 0.000541. The van der Waals surface area contributed by atoms with Crippen LogP contribution in [0.5, 0.6) is 0 Å². The van der Waals surface area contributed by atoms with Crippen LogP contribution in [0.3, 0.4) is 0 Å². The van der Waals surface area contributed by atoms with Crippen LogP contribution in [0.25, 0.3) is 0 Å². The van der Waals surface area contributed by atoms with Gasteiger partial charge in [0.2, 0.25) is 5.91 Å². The summed E-state index contributed by atoms with van der Waals surface area (Å²) in [6.07, 6.45) is 0.594. The molecule has 0 aliphatic rings. The first-order valence-corrected chi connectivity index (χ1v) is 8.10. The van der Waals surface area contributed by atoms with E-state index >= 15 is 0 Å². The first-order valence-electron chi connectivity index (χ1n) is 8.10. The van der Waals surface area contributed by atoms with Crippen LogP contribution in [0, 0.1) is 13.8 Å². The maximum atomic E-state index is 12.1. The Hall–Kier alpha value is -2.83. The van der Waals surface area contributed by atoms with Gasteiger partial charge in [-0.3, -0.25) is 14.8 Å². The van der Waals surface area contributed by atoms with E-state index in [1.54, 1.807) is 12.1 Å². The zero-order valence-electron chi connectivity index (χ0n) is 15.0. The average molecular weight is 344 g/mol. The van der Waals surface area contributed by atoms with Gasteiger partial charge in [-0.1, -0.05) is 12.1 Å². The van der Waals surface area contributed by atoms with E-state index in [2.05, 4.69) is 20.5 Å². The molecule has 0 unspecified atom stereocenters. The van der Waals surface area contributed by atoms with E-state index in [1.807, 2.05) is 37.7 Å². The Morgan fingerprint density at radius 3 is 2.44 bits per heavy atom. The van der Waals surface area contributed by atoms with Crippen molar-refractivity contribution in [2.75, 3.05) is 12.4 Å². The summed E-state index contributed by atoms with van der Waals surface area (Å²) in [6, 6.07) is 7.23. The summed E-state index contributed by atoms with van der Waals surface area (Å²) in [5.74, 6) is -0.000541. The van der Waals surface area contributed by atoms with Gasteiger partial charge in [0.25, 0.3) is 0 Å². The molecule has 7 nitrogen and oxygen atoms in total. The Kier molecular flexibility index (Phi) is 6.16. The molecule has 1 aromatic heterocycles. The van der Waals surface area contributed by atoms with Crippen molar-refractivity contribution >= 4 is 17.7 Å². The summed E-state index contributed by atoms with van der Waals surface area (Å²) in [6.45, 7) is 4.42. The van der Waals surface area contributed by atoms with Crippen LogP contribution in [0.4, 0.5) is 10.5 Å². The van der Waals surface area contributed by atoms with Crippen molar-refractivity contribution < 1.29 is 14.3 Å². The first kappa shape index (κ1) is 18.5. The SMILES string of the molecule is COC(=O)Nc1ccc(CNC(=O)CCc2c(C)nn(C)c2C)cc1. The topological polar surface area (TPSA) is 85.2 Å². The summed E-state index contributed by atoms with van der Waals surface area (Å²) in [5, 5.41) is 9.85. The minimum Gasteiger partial charge on any atom is -0.453 e. The molecule has 2 rings (SSSR count). The largest absolute Gasteiger partial charge is 0.453 e. The van der Waals surface area contributed by atoms with Gasteiger partial charge >= 0.3 is 6.09 Å². The molecule has 1 heterocycles. The normalized spacial score (nSPS) is 10.4. The number of amides is 2. The van der Waals surface area contributed by atoms with E-state index in [-0.39, 0.29) is 5.91 Å². The maximum Gasteiger partial charge on any atom is 0.411 e. The number of ether oxygens (including phenoxy) is 1. The Labute approximate surface area is 147 Å². The van der Waals surface area contributed by atoms with Gasteiger partial charge in [-0.2, -0.15) is 5.10 Å². The summed E-state index contributed by atoms with van der Waals surface area (Å²) < 4.78 is 6.37. The molecule has 0 saturated carbocycles. The molecule has 25 heavy (non-hydrogen) atoms. The Balaban J connectivity index is 1.80. The minimum atomic E-state index is -0.512. The maximum absolute atomic E-state index is 12.1. The molecule has 1 aromatic carbocycles. The lowest BCUT2D eigenvalue weighted by Gasteiger charge is -2.08. The number of rotatable bonds is 6. The van der Waals surface area contributed by atoms with Crippen molar-refractivity contribution in [2.45, 2.75) is 33.2 Å². The number of nitrogens with zero attached hydrogens (tertiary/aromatic N) is 2. The number of aryl methyl sites for hydroxylation is 2. The molecule has 0 fully saturated rings. The highest BCUT2D eigenvalue weighted by molar-refractivity contribution is 5.84. The molecular weight excluding hydrogens is 320 g/mol. The monoisotopic (exact) mass is 344 g/mol. The standard InChI is InChI=1S/C18H24N4O3/c1-12-16(13(2)22(3)21-12)9-10-17(23)19-11-14-5-7-15(8-6-14)20-18(24)25-4/h5-8H,9-11H2,1-4H3,(H,19,23)(H,20,24). The predicted octanol–water partition coefficient (Wildman–Crippen LogP) is 2.46. The number of carbonyl (C=O) groups is 2. The Bertz CT molecular complexity index is 750. The summed E-state index contributed by atoms with van der Waals surface area (Å²) in [5.41, 5.74) is 4.80. The van der Waals surface area contributed by atoms with Crippen LogP contribution >= 0.6 is 0 Å². The predicted molar refractivity (Wildman–Crippen MR) is 95.3 cm³/mol. The van der Waals surface area contributed by atoms with Crippen molar-refractivity contribution in [3.63, 3.8) is 0 Å². The quantitative estimate of drug-likeness (QED) is 0.843. The van der Waals surface area contributed by atoms with E-state index in [9.17, 15) is 9.59 Å². The van der Waals surface area contributed by atoms with Crippen molar-refractivity contribution in [3.05, 3.63) is 46.8 Å². The van der Waals surface area contributed by atoms with Gasteiger partial charge < -0.3 is 10.1 Å². The zero-order chi connectivity index (χ0) is 18.4. The van der Waals surface area contributed by atoms with Crippen molar-refractivity contribution in [1.29, 1.82) is 0 Å². The second-order valence-electron chi connectivity index (χ2n) is 5.86. The smallest absolute Gasteiger partial charge is 0.411 e. The van der Waals surface area contributed by atoms with Gasteiger partial charge in [-0.25, -0.2) is 4.79 Å². The summed E-state index contributed by atoms with van der Waals surface area (Å²) >= 11 is 0. The number of hydrogen-bond acceptors (Lipinski definition) is 4. The Morgan fingerprint density at radius 1 is 1.20 bits per heavy atom. The fourth-order valence-corrected chi connectivity index (χ4v) is 2.58. The van der Waals surface area contributed by atoms with Gasteiger partial charge in [0.1, 0.15) is 0 Å². The van der Waals surface area contributed by atoms with E-state index < -0.39 is 6.09 Å². The molecule has 0 spiro atoms. The van der Waals surface area contributed by atoms with Crippen LogP contribution in [0.15, 0.2) is 24.3 Å². The molecule has 134 valence electrons. The Morgan fingerprint density at radius 2 is 1.88 bits per heavy atom. The molecule has 0 bridgehead atoms. The van der Waals surface area contributed by atoms with Gasteiger partial charge in [0.15, 0.2) is 0 Å². The second kappa shape index (κ2) is 8.32. The van der Waals surface area contributed by atoms with Crippen LogP contribution in [0.2, 0.25) is 0 Å². The van der Waals surface area contributed by atoms with E-state index in [0.717, 1.165) is 22.5 Å². The third-order valence-corrected chi connectivity index (χ3v) is 4.14. The van der Waals surface area contributed by atoms with Crippen molar-refractivity contribution in [1.82, 2.24) is 15.1 Å². The summed E-state index contributed by atoms with van der Waals surface area (Å²) in [7, 11) is 3.22. The fourth-order valence-electron chi connectivity index (χ4n) is 2.58. The fraction of sp³-hybridized carbons (Fsp3) is 0.389. The molecule has 0 aliphatic heterocycles. The molecule has 2 amide bonds. The van der Waals surface area contributed by atoms with Gasteiger partial charge in [0.05, 0.1) is 12.8 Å². The third kappa shape index (κ3) is 5.07. The number of benzene rings is 1. The van der Waals surface area contributed by atoms with Crippen molar-refractivity contribution in [3.8, 4) is 0 Å². The van der Waals surface area contributed by atoms with E-state index in [0.29, 0.717) is 25.1 Å². The van der Waals surface area contributed by atoms with Crippen molar-refractivity contribution in [2.24, 2.45) is 7.05 Å². The number of methoxy groups -OCH3 is 1. The van der Waals surface area contributed by atoms with Gasteiger partial charge in [-0.15, -0.1) is 0 Å². The molecule has 2 N–H and O–H groups in total. The van der Waals surface area contributed by atoms with Gasteiger partial charge in [0, 0.05) is 31.4 Å². The lowest BCUT2D eigenvalue weighted by Crippen LogP contribution is -2.23. The van der Waals surface area contributed by atoms with Crippen LogP contribution in [-0.2, 0) is 29.5 Å². The number of carbonyl (C=O) groups excluding carboxylic acids is 2. The molecule has 0 radical (unpaired) electrons.